The predicted octanol–water partition coefficient (Wildman–Crippen LogP) is 1.62. The molecule has 2 N–H and O–H groups in total. The third-order valence-corrected chi connectivity index (χ3v) is 3.01. The fourth-order valence-electron chi connectivity index (χ4n) is 2.06. The maximum Gasteiger partial charge on any atom is 0.163 e. The fraction of sp³-hybridized carbons (Fsp3) is 0.154. The van der Waals surface area contributed by atoms with E-state index in [0.29, 0.717) is 5.82 Å². The van der Waals surface area contributed by atoms with Gasteiger partial charge in [0.25, 0.3) is 0 Å². The minimum absolute atomic E-state index is 0.434. The molecule has 0 bridgehead atoms. The molecule has 2 aromatic heterocycles. The summed E-state index contributed by atoms with van der Waals surface area (Å²) in [7, 11) is 3.47. The van der Waals surface area contributed by atoms with Gasteiger partial charge < -0.3 is 10.5 Å². The van der Waals surface area contributed by atoms with Crippen LogP contribution in [0.15, 0.2) is 30.6 Å². The van der Waals surface area contributed by atoms with Gasteiger partial charge in [0.05, 0.1) is 12.5 Å². The maximum atomic E-state index is 5.93. The highest BCUT2D eigenvalue weighted by molar-refractivity contribution is 5.98. The lowest BCUT2D eigenvalue weighted by molar-refractivity contribution is 0.415. The van der Waals surface area contributed by atoms with Crippen molar-refractivity contribution in [1.29, 1.82) is 0 Å². The topological polar surface area (TPSA) is 78.8 Å². The molecule has 0 radical (unpaired) electrons. The monoisotopic (exact) mass is 255 g/mol. The van der Waals surface area contributed by atoms with Crippen LogP contribution in [0.5, 0.6) is 5.75 Å². The van der Waals surface area contributed by atoms with Gasteiger partial charge in [-0.25, -0.2) is 14.6 Å². The van der Waals surface area contributed by atoms with E-state index in [-0.39, 0.29) is 0 Å². The van der Waals surface area contributed by atoms with Crippen LogP contribution in [-0.4, -0.2) is 26.9 Å². The number of hydrogen-bond acceptors (Lipinski definition) is 5. The molecule has 0 aliphatic heterocycles. The molecule has 2 heterocycles. The number of methoxy groups -OCH3 is 1. The molecule has 6 nitrogen and oxygen atoms in total. The maximum absolute atomic E-state index is 5.93. The Labute approximate surface area is 109 Å². The zero-order valence-electron chi connectivity index (χ0n) is 10.7. The molecule has 1 aromatic carbocycles. The Morgan fingerprint density at radius 1 is 1.16 bits per heavy atom. The number of rotatable bonds is 2. The summed E-state index contributed by atoms with van der Waals surface area (Å²) in [5, 5.41) is 5.24. The first kappa shape index (κ1) is 11.5. The van der Waals surface area contributed by atoms with Gasteiger partial charge in [-0.3, -0.25) is 0 Å². The van der Waals surface area contributed by atoms with Gasteiger partial charge in [0.1, 0.15) is 23.6 Å². The van der Waals surface area contributed by atoms with Gasteiger partial charge in [0.2, 0.25) is 0 Å². The van der Waals surface area contributed by atoms with E-state index in [4.69, 9.17) is 10.5 Å². The second-order valence-electron chi connectivity index (χ2n) is 4.16. The van der Waals surface area contributed by atoms with Gasteiger partial charge in [0, 0.05) is 12.6 Å². The van der Waals surface area contributed by atoms with E-state index in [0.717, 1.165) is 28.0 Å². The molecule has 19 heavy (non-hydrogen) atoms. The van der Waals surface area contributed by atoms with Crippen LogP contribution >= 0.6 is 0 Å². The lowest BCUT2D eigenvalue weighted by Gasteiger charge is -2.02. The summed E-state index contributed by atoms with van der Waals surface area (Å²) in [5.41, 5.74) is 8.38. The van der Waals surface area contributed by atoms with Crippen molar-refractivity contribution >= 4 is 16.9 Å². The normalized spacial score (nSPS) is 10.8. The summed E-state index contributed by atoms with van der Waals surface area (Å²) in [6.45, 7) is 0. The number of nitrogens with two attached hydrogens (primary N) is 1. The summed E-state index contributed by atoms with van der Waals surface area (Å²) in [6, 6.07) is 7.64. The number of nitrogens with zero attached hydrogens (tertiary/aromatic N) is 4. The molecule has 0 saturated heterocycles. The lowest BCUT2D eigenvalue weighted by atomic mass is 10.1. The highest BCUT2D eigenvalue weighted by atomic mass is 16.5. The van der Waals surface area contributed by atoms with Crippen LogP contribution in [0, 0.1) is 0 Å². The highest BCUT2D eigenvalue weighted by Crippen LogP contribution is 2.30. The molecular weight excluding hydrogens is 242 g/mol. The van der Waals surface area contributed by atoms with E-state index in [1.807, 2.05) is 31.3 Å². The van der Waals surface area contributed by atoms with E-state index >= 15 is 0 Å². The molecule has 0 amide bonds. The van der Waals surface area contributed by atoms with Crippen LogP contribution in [0.25, 0.3) is 22.3 Å². The number of nitrogen functional groups attached to an aromatic ring is 1. The van der Waals surface area contributed by atoms with Crippen molar-refractivity contribution in [1.82, 2.24) is 19.7 Å². The van der Waals surface area contributed by atoms with Crippen molar-refractivity contribution in [2.24, 2.45) is 7.05 Å². The molecule has 0 atom stereocenters. The van der Waals surface area contributed by atoms with Crippen LogP contribution < -0.4 is 10.5 Å². The number of aromatic nitrogens is 4. The molecule has 3 rings (SSSR count). The SMILES string of the molecule is COc1ccc(-c2nn(C)c3ncnc(N)c23)cc1. The largest absolute Gasteiger partial charge is 0.497 e. The Hall–Kier alpha value is -2.63. The molecule has 96 valence electrons. The number of benzene rings is 1. The van der Waals surface area contributed by atoms with E-state index in [1.165, 1.54) is 6.33 Å². The lowest BCUT2D eigenvalue weighted by Crippen LogP contribution is -1.95. The van der Waals surface area contributed by atoms with Crippen molar-refractivity contribution in [3.63, 3.8) is 0 Å². The van der Waals surface area contributed by atoms with E-state index < -0.39 is 0 Å². The Bertz CT molecular complexity index is 733. The Morgan fingerprint density at radius 3 is 2.58 bits per heavy atom. The van der Waals surface area contributed by atoms with Gasteiger partial charge in [-0.05, 0) is 24.3 Å². The molecular formula is C13H13N5O. The highest BCUT2D eigenvalue weighted by Gasteiger charge is 2.14. The number of ether oxygens (including phenoxy) is 1. The zero-order valence-corrected chi connectivity index (χ0v) is 10.7. The van der Waals surface area contributed by atoms with E-state index in [1.54, 1.807) is 11.8 Å². The standard InChI is InChI=1S/C13H13N5O/c1-18-13-10(12(14)15-7-16-13)11(17-18)8-3-5-9(19-2)6-4-8/h3-7H,1-2H3,(H2,14,15,16). The van der Waals surface area contributed by atoms with E-state index in [9.17, 15) is 0 Å². The van der Waals surface area contributed by atoms with Crippen LogP contribution in [-0.2, 0) is 7.05 Å². The van der Waals surface area contributed by atoms with Crippen molar-refractivity contribution in [3.8, 4) is 17.0 Å². The minimum Gasteiger partial charge on any atom is -0.497 e. The average Bonchev–Trinajstić information content (AvgIpc) is 2.78. The predicted molar refractivity (Wildman–Crippen MR) is 72.7 cm³/mol. The molecule has 3 aromatic rings. The summed E-state index contributed by atoms with van der Waals surface area (Å²) in [6.07, 6.45) is 1.44. The van der Waals surface area contributed by atoms with Crippen LogP contribution in [0.3, 0.4) is 0 Å². The van der Waals surface area contributed by atoms with Crippen molar-refractivity contribution < 1.29 is 4.74 Å². The number of aryl methyl sites for hydroxylation is 1. The van der Waals surface area contributed by atoms with Gasteiger partial charge in [0.15, 0.2) is 5.65 Å². The summed E-state index contributed by atoms with van der Waals surface area (Å²) in [4.78, 5) is 8.24. The molecule has 0 saturated carbocycles. The van der Waals surface area contributed by atoms with Gasteiger partial charge >= 0.3 is 0 Å². The Morgan fingerprint density at radius 2 is 1.89 bits per heavy atom. The molecule has 0 spiro atoms. The summed E-state index contributed by atoms with van der Waals surface area (Å²) < 4.78 is 6.85. The van der Waals surface area contributed by atoms with Crippen molar-refractivity contribution in [2.45, 2.75) is 0 Å². The Kier molecular flexibility index (Phi) is 2.56. The van der Waals surface area contributed by atoms with Gasteiger partial charge in [-0.15, -0.1) is 0 Å². The smallest absolute Gasteiger partial charge is 0.163 e. The zero-order chi connectivity index (χ0) is 13.4. The molecule has 0 aliphatic rings. The fourth-order valence-corrected chi connectivity index (χ4v) is 2.06. The number of hydrogen-bond donors (Lipinski definition) is 1. The number of anilines is 1. The summed E-state index contributed by atoms with van der Waals surface area (Å²) in [5.74, 6) is 1.23. The van der Waals surface area contributed by atoms with Crippen LogP contribution in [0.4, 0.5) is 5.82 Å². The second kappa shape index (κ2) is 4.24. The molecule has 0 unspecified atom stereocenters. The van der Waals surface area contributed by atoms with E-state index in [2.05, 4.69) is 15.1 Å². The van der Waals surface area contributed by atoms with Crippen LogP contribution in [0.1, 0.15) is 0 Å². The van der Waals surface area contributed by atoms with Gasteiger partial charge in [-0.1, -0.05) is 0 Å². The average molecular weight is 255 g/mol. The first-order chi connectivity index (χ1) is 9.20. The first-order valence-corrected chi connectivity index (χ1v) is 5.78. The molecule has 6 heteroatoms. The second-order valence-corrected chi connectivity index (χ2v) is 4.16. The number of fused-ring (bicyclic) bond motifs is 1. The Balaban J connectivity index is 2.24. The third kappa shape index (κ3) is 1.77. The third-order valence-electron chi connectivity index (χ3n) is 3.01. The quantitative estimate of drug-likeness (QED) is 0.752. The van der Waals surface area contributed by atoms with Crippen molar-refractivity contribution in [2.75, 3.05) is 12.8 Å². The van der Waals surface area contributed by atoms with Crippen molar-refractivity contribution in [3.05, 3.63) is 30.6 Å². The van der Waals surface area contributed by atoms with Crippen LogP contribution in [0.2, 0.25) is 0 Å². The summed E-state index contributed by atoms with van der Waals surface area (Å²) >= 11 is 0. The molecule has 0 aliphatic carbocycles. The first-order valence-electron chi connectivity index (χ1n) is 5.78. The molecule has 0 fully saturated rings. The minimum atomic E-state index is 0.434. The van der Waals surface area contributed by atoms with Gasteiger partial charge in [-0.2, -0.15) is 5.10 Å².